The van der Waals surface area contributed by atoms with Crippen LogP contribution in [0.1, 0.15) is 46.9 Å². The molecule has 0 saturated carbocycles. The van der Waals surface area contributed by atoms with E-state index in [0.29, 0.717) is 6.04 Å². The number of methoxy groups -OCH3 is 1. The number of carbonyl (C=O) groups excluding carboxylic acids is 1. The highest BCUT2D eigenvalue weighted by atomic mass is 16.6. The first-order valence-electron chi connectivity index (χ1n) is 10.9. The molecule has 0 aliphatic carbocycles. The molecule has 5 nitrogen and oxygen atoms in total. The SMILES string of the molecule is COc1ccccc1[C@@H]1C[C@H]2CC[C@@H]([C@H]1OC(=O)c1ccco1)N2Cc1ccccc1. The molecule has 0 amide bonds. The van der Waals surface area contributed by atoms with Crippen molar-refractivity contribution in [1.29, 1.82) is 0 Å². The van der Waals surface area contributed by atoms with E-state index in [0.717, 1.165) is 37.1 Å². The topological polar surface area (TPSA) is 51.9 Å². The molecule has 31 heavy (non-hydrogen) atoms. The number of hydrogen-bond donors (Lipinski definition) is 0. The Balaban J connectivity index is 1.48. The average Bonchev–Trinajstić information content (AvgIpc) is 3.44. The molecule has 2 fully saturated rings. The predicted octanol–water partition coefficient (Wildman–Crippen LogP) is 5.03. The van der Waals surface area contributed by atoms with Crippen LogP contribution in [0, 0.1) is 0 Å². The third-order valence-electron chi connectivity index (χ3n) is 6.70. The van der Waals surface area contributed by atoms with E-state index < -0.39 is 5.97 Å². The van der Waals surface area contributed by atoms with Gasteiger partial charge in [-0.2, -0.15) is 0 Å². The number of rotatable bonds is 6. The van der Waals surface area contributed by atoms with Crippen molar-refractivity contribution in [3.8, 4) is 5.75 Å². The van der Waals surface area contributed by atoms with Crippen LogP contribution in [-0.2, 0) is 11.3 Å². The molecule has 3 heterocycles. The molecule has 2 aromatic carbocycles. The van der Waals surface area contributed by atoms with Crippen LogP contribution in [0.3, 0.4) is 0 Å². The Hall–Kier alpha value is -3.05. The van der Waals surface area contributed by atoms with E-state index in [2.05, 4.69) is 35.2 Å². The lowest BCUT2D eigenvalue weighted by Crippen LogP contribution is -2.52. The monoisotopic (exact) mass is 417 g/mol. The molecule has 0 N–H and O–H groups in total. The molecular weight excluding hydrogens is 390 g/mol. The second-order valence-electron chi connectivity index (χ2n) is 8.39. The van der Waals surface area contributed by atoms with Crippen molar-refractivity contribution in [2.45, 2.75) is 49.9 Å². The Bertz CT molecular complexity index is 1020. The minimum Gasteiger partial charge on any atom is -0.496 e. The van der Waals surface area contributed by atoms with Gasteiger partial charge >= 0.3 is 5.97 Å². The summed E-state index contributed by atoms with van der Waals surface area (Å²) in [7, 11) is 1.70. The number of benzene rings is 2. The molecule has 2 saturated heterocycles. The number of carbonyl (C=O) groups is 1. The summed E-state index contributed by atoms with van der Waals surface area (Å²) in [6, 6.07) is 22.6. The minimum atomic E-state index is -0.403. The third-order valence-corrected chi connectivity index (χ3v) is 6.70. The highest BCUT2D eigenvalue weighted by Crippen LogP contribution is 2.47. The van der Waals surface area contributed by atoms with E-state index in [9.17, 15) is 4.79 Å². The molecule has 5 heteroatoms. The fraction of sp³-hybridized carbons (Fsp3) is 0.346. The van der Waals surface area contributed by atoms with Gasteiger partial charge in [0.25, 0.3) is 0 Å². The van der Waals surface area contributed by atoms with Crippen LogP contribution in [0.4, 0.5) is 0 Å². The fourth-order valence-corrected chi connectivity index (χ4v) is 5.32. The summed E-state index contributed by atoms with van der Waals surface area (Å²) >= 11 is 0. The summed E-state index contributed by atoms with van der Waals surface area (Å²) < 4.78 is 17.1. The Morgan fingerprint density at radius 1 is 1.03 bits per heavy atom. The van der Waals surface area contributed by atoms with Gasteiger partial charge in [-0.3, -0.25) is 4.90 Å². The summed E-state index contributed by atoms with van der Waals surface area (Å²) in [5.41, 5.74) is 2.39. The summed E-state index contributed by atoms with van der Waals surface area (Å²) in [6.45, 7) is 0.865. The van der Waals surface area contributed by atoms with Gasteiger partial charge in [-0.1, -0.05) is 48.5 Å². The number of nitrogens with zero attached hydrogens (tertiary/aromatic N) is 1. The normalized spacial score (nSPS) is 25.3. The van der Waals surface area contributed by atoms with Crippen molar-refractivity contribution < 1.29 is 18.7 Å². The molecule has 1 aromatic heterocycles. The maximum atomic E-state index is 12.9. The van der Waals surface area contributed by atoms with Gasteiger partial charge in [0.1, 0.15) is 11.9 Å². The highest BCUT2D eigenvalue weighted by Gasteiger charge is 2.50. The Morgan fingerprint density at radius 3 is 2.61 bits per heavy atom. The quantitative estimate of drug-likeness (QED) is 0.526. The maximum absolute atomic E-state index is 12.9. The number of furan rings is 1. The Labute approximate surface area is 182 Å². The van der Waals surface area contributed by atoms with Gasteiger partial charge in [0, 0.05) is 30.1 Å². The zero-order valence-electron chi connectivity index (χ0n) is 17.6. The zero-order chi connectivity index (χ0) is 21.2. The van der Waals surface area contributed by atoms with Gasteiger partial charge in [-0.05, 0) is 43.0 Å². The standard InChI is InChI=1S/C26H27NO4/c1-29-23-11-6-5-10-20(23)21-16-19-13-14-22(27(19)17-18-8-3-2-4-9-18)25(21)31-26(28)24-12-7-15-30-24/h2-12,15,19,21-22,25H,13-14,16-17H2,1H3/t19-,21+,22+,25+/m1/s1. The Kier molecular flexibility index (Phi) is 5.51. The van der Waals surface area contributed by atoms with E-state index in [1.165, 1.54) is 11.8 Å². The number of hydrogen-bond acceptors (Lipinski definition) is 5. The van der Waals surface area contributed by atoms with Gasteiger partial charge in [0.05, 0.1) is 13.4 Å². The smallest absolute Gasteiger partial charge is 0.374 e. The lowest BCUT2D eigenvalue weighted by Gasteiger charge is -2.44. The number of piperidine rings is 1. The average molecular weight is 418 g/mol. The Morgan fingerprint density at radius 2 is 1.84 bits per heavy atom. The van der Waals surface area contributed by atoms with E-state index in [4.69, 9.17) is 13.9 Å². The first-order valence-corrected chi connectivity index (χ1v) is 10.9. The lowest BCUT2D eigenvalue weighted by molar-refractivity contribution is -0.0364. The number of ether oxygens (including phenoxy) is 2. The molecule has 4 atom stereocenters. The maximum Gasteiger partial charge on any atom is 0.374 e. The van der Waals surface area contributed by atoms with Crippen molar-refractivity contribution in [2.24, 2.45) is 0 Å². The second kappa shape index (κ2) is 8.60. The molecule has 0 unspecified atom stereocenters. The summed E-state index contributed by atoms with van der Waals surface area (Å²) in [6.07, 6.45) is 4.29. The molecule has 5 rings (SSSR count). The van der Waals surface area contributed by atoms with Crippen molar-refractivity contribution in [3.05, 3.63) is 89.9 Å². The van der Waals surface area contributed by atoms with Crippen LogP contribution in [0.5, 0.6) is 5.75 Å². The van der Waals surface area contributed by atoms with Gasteiger partial charge < -0.3 is 13.9 Å². The lowest BCUT2D eigenvalue weighted by atomic mass is 9.81. The van der Waals surface area contributed by atoms with Crippen LogP contribution < -0.4 is 4.74 Å². The van der Waals surface area contributed by atoms with Crippen LogP contribution >= 0.6 is 0 Å². The number of esters is 1. The van der Waals surface area contributed by atoms with Gasteiger partial charge in [-0.25, -0.2) is 4.79 Å². The van der Waals surface area contributed by atoms with Gasteiger partial charge in [0.15, 0.2) is 0 Å². The van der Waals surface area contributed by atoms with Crippen LogP contribution in [0.25, 0.3) is 0 Å². The predicted molar refractivity (Wildman–Crippen MR) is 117 cm³/mol. The van der Waals surface area contributed by atoms with Crippen LogP contribution in [0.15, 0.2) is 77.4 Å². The van der Waals surface area contributed by atoms with Crippen molar-refractivity contribution in [2.75, 3.05) is 7.11 Å². The molecular formula is C26H27NO4. The minimum absolute atomic E-state index is 0.0829. The third kappa shape index (κ3) is 3.86. The molecule has 3 aromatic rings. The molecule has 2 aliphatic rings. The van der Waals surface area contributed by atoms with Crippen molar-refractivity contribution >= 4 is 5.97 Å². The molecule has 160 valence electrons. The van der Waals surface area contributed by atoms with E-state index in [-0.39, 0.29) is 23.8 Å². The summed E-state index contributed by atoms with van der Waals surface area (Å²) in [5.74, 6) is 0.774. The first-order chi connectivity index (χ1) is 15.2. The zero-order valence-corrected chi connectivity index (χ0v) is 17.6. The van der Waals surface area contributed by atoms with Crippen molar-refractivity contribution in [1.82, 2.24) is 4.90 Å². The molecule has 0 radical (unpaired) electrons. The second-order valence-corrected chi connectivity index (χ2v) is 8.39. The van der Waals surface area contributed by atoms with E-state index >= 15 is 0 Å². The largest absolute Gasteiger partial charge is 0.496 e. The molecule has 2 bridgehead atoms. The van der Waals surface area contributed by atoms with Crippen LogP contribution in [0.2, 0.25) is 0 Å². The van der Waals surface area contributed by atoms with Gasteiger partial charge in [0.2, 0.25) is 5.76 Å². The number of para-hydroxylation sites is 1. The van der Waals surface area contributed by atoms with E-state index in [1.54, 1.807) is 19.2 Å². The summed E-state index contributed by atoms with van der Waals surface area (Å²) in [4.78, 5) is 15.4. The van der Waals surface area contributed by atoms with Crippen molar-refractivity contribution in [3.63, 3.8) is 0 Å². The van der Waals surface area contributed by atoms with Gasteiger partial charge in [-0.15, -0.1) is 0 Å². The van der Waals surface area contributed by atoms with Crippen LogP contribution in [-0.4, -0.2) is 36.2 Å². The van der Waals surface area contributed by atoms with E-state index in [1.807, 2.05) is 24.3 Å². The highest BCUT2D eigenvalue weighted by molar-refractivity contribution is 5.86. The molecule has 2 aliphatic heterocycles. The summed E-state index contributed by atoms with van der Waals surface area (Å²) in [5, 5.41) is 0. The fourth-order valence-electron chi connectivity index (χ4n) is 5.32. The number of fused-ring (bicyclic) bond motifs is 2. The first kappa shape index (κ1) is 19.9. The molecule has 0 spiro atoms.